The summed E-state index contributed by atoms with van der Waals surface area (Å²) in [5, 5.41) is 0. The van der Waals surface area contributed by atoms with Crippen molar-refractivity contribution in [3.05, 3.63) is 0 Å². The Morgan fingerprint density at radius 2 is 1.85 bits per heavy atom. The number of cyclic esters (lactones) is 1. The fourth-order valence-corrected chi connectivity index (χ4v) is 4.41. The second-order valence-electron chi connectivity index (χ2n) is 5.19. The number of carbonyl (C=O) groups is 1. The molecule has 0 aromatic carbocycles. The highest BCUT2D eigenvalue weighted by molar-refractivity contribution is 6.75. The zero-order valence-electron chi connectivity index (χ0n) is 9.34. The summed E-state index contributed by atoms with van der Waals surface area (Å²) >= 11 is 0. The molecule has 0 aromatic rings. The van der Waals surface area contributed by atoms with E-state index >= 15 is 0 Å². The number of ether oxygens (including phenoxy) is 1. The second kappa shape index (κ2) is 2.74. The largest absolute Gasteiger partial charge is 0.444 e. The number of nitrogens with zero attached hydrogens (tertiary/aromatic N) is 1. The molecule has 1 aliphatic rings. The third-order valence-corrected chi connectivity index (χ3v) is 4.80. The first kappa shape index (κ1) is 10.6. The summed E-state index contributed by atoms with van der Waals surface area (Å²) in [4.78, 5) is 11.6. The van der Waals surface area contributed by atoms with Crippen LogP contribution in [0, 0.1) is 0 Å². The summed E-state index contributed by atoms with van der Waals surface area (Å²) in [7, 11) is -1.61. The van der Waals surface area contributed by atoms with Gasteiger partial charge < -0.3 is 9.30 Å². The number of carbonyl (C=O) groups excluding carboxylic acids is 1. The Morgan fingerprint density at radius 1 is 1.38 bits per heavy atom. The van der Waals surface area contributed by atoms with E-state index in [0.717, 1.165) is 0 Å². The smallest absolute Gasteiger partial charge is 0.402 e. The molecule has 1 atom stereocenters. The minimum Gasteiger partial charge on any atom is -0.444 e. The van der Waals surface area contributed by atoms with E-state index in [-0.39, 0.29) is 17.7 Å². The highest BCUT2D eigenvalue weighted by Crippen LogP contribution is 2.34. The molecule has 1 saturated heterocycles. The van der Waals surface area contributed by atoms with Gasteiger partial charge >= 0.3 is 6.09 Å². The molecule has 0 spiro atoms. The Labute approximate surface area is 81.1 Å². The molecule has 4 heteroatoms. The maximum atomic E-state index is 11.6. The molecule has 0 radical (unpaired) electrons. The van der Waals surface area contributed by atoms with Crippen LogP contribution in [0.15, 0.2) is 0 Å². The Balaban J connectivity index is 3.03. The highest BCUT2D eigenvalue weighted by atomic mass is 28.3. The van der Waals surface area contributed by atoms with Crippen LogP contribution in [0.1, 0.15) is 20.8 Å². The summed E-state index contributed by atoms with van der Waals surface area (Å²) in [5.41, 5.74) is -0.151. The van der Waals surface area contributed by atoms with Crippen molar-refractivity contribution in [3.63, 3.8) is 0 Å². The molecule has 76 valence electrons. The Bertz CT molecular complexity index is 232. The molecular weight excluding hydrogens is 182 g/mol. The van der Waals surface area contributed by atoms with Gasteiger partial charge in [0, 0.05) is 0 Å². The summed E-state index contributed by atoms with van der Waals surface area (Å²) < 4.78 is 7.19. The van der Waals surface area contributed by atoms with E-state index in [9.17, 15) is 4.79 Å². The molecule has 0 N–H and O–H groups in total. The first-order chi connectivity index (χ1) is 5.67. The van der Waals surface area contributed by atoms with Gasteiger partial charge in [0.05, 0.1) is 5.54 Å². The van der Waals surface area contributed by atoms with E-state index in [1.54, 1.807) is 0 Å². The number of rotatable bonds is 1. The minimum atomic E-state index is -1.61. The molecule has 1 heterocycles. The van der Waals surface area contributed by atoms with Crippen LogP contribution in [0.2, 0.25) is 19.6 Å². The zero-order valence-corrected chi connectivity index (χ0v) is 10.3. The number of amides is 1. The van der Waals surface area contributed by atoms with Gasteiger partial charge in [-0.2, -0.15) is 0 Å². The van der Waals surface area contributed by atoms with Gasteiger partial charge in [0.2, 0.25) is 0 Å². The minimum absolute atomic E-state index is 0.00766. The van der Waals surface area contributed by atoms with Crippen LogP contribution in [0.5, 0.6) is 0 Å². The van der Waals surface area contributed by atoms with E-state index in [1.807, 2.05) is 11.5 Å². The summed E-state index contributed by atoms with van der Waals surface area (Å²) in [5.74, 6) is 0. The molecule has 0 aliphatic carbocycles. The third kappa shape index (κ3) is 1.59. The predicted molar refractivity (Wildman–Crippen MR) is 55.2 cm³/mol. The van der Waals surface area contributed by atoms with Crippen LogP contribution >= 0.6 is 0 Å². The SMILES string of the molecule is CC1OC(=O)N([Si](C)(C)C)C1(C)C. The average Bonchev–Trinajstić information content (AvgIpc) is 1.99. The molecule has 0 aromatic heterocycles. The van der Waals surface area contributed by atoms with E-state index in [1.165, 1.54) is 0 Å². The van der Waals surface area contributed by atoms with Crippen molar-refractivity contribution in [1.82, 2.24) is 4.57 Å². The van der Waals surface area contributed by atoms with Crippen LogP contribution in [0.25, 0.3) is 0 Å². The van der Waals surface area contributed by atoms with E-state index < -0.39 is 8.24 Å². The highest BCUT2D eigenvalue weighted by Gasteiger charge is 2.50. The van der Waals surface area contributed by atoms with Gasteiger partial charge in [-0.05, 0) is 20.8 Å². The van der Waals surface area contributed by atoms with Crippen LogP contribution in [-0.2, 0) is 4.74 Å². The van der Waals surface area contributed by atoms with E-state index in [2.05, 4.69) is 33.5 Å². The molecule has 1 amide bonds. The van der Waals surface area contributed by atoms with Gasteiger partial charge in [-0.25, -0.2) is 4.79 Å². The fraction of sp³-hybridized carbons (Fsp3) is 0.889. The number of hydrogen-bond donors (Lipinski definition) is 0. The molecular formula is C9H19NO2Si. The second-order valence-corrected chi connectivity index (χ2v) is 9.97. The lowest BCUT2D eigenvalue weighted by Crippen LogP contribution is -2.57. The van der Waals surface area contributed by atoms with E-state index in [0.29, 0.717) is 0 Å². The van der Waals surface area contributed by atoms with Crippen molar-refractivity contribution in [1.29, 1.82) is 0 Å². The summed E-state index contributed by atoms with van der Waals surface area (Å²) in [6.07, 6.45) is -0.150. The molecule has 1 rings (SSSR count). The first-order valence-corrected chi connectivity index (χ1v) is 8.13. The van der Waals surface area contributed by atoms with Crippen LogP contribution in [0.4, 0.5) is 4.79 Å². The third-order valence-electron chi connectivity index (χ3n) is 2.70. The van der Waals surface area contributed by atoms with Crippen LogP contribution in [-0.4, -0.2) is 30.5 Å². The standard InChI is InChI=1S/C9H19NO2Si/c1-7-9(2,3)10(8(11)12-7)13(4,5)6/h7H,1-6H3. The topological polar surface area (TPSA) is 29.5 Å². The molecule has 1 aliphatic heterocycles. The van der Waals surface area contributed by atoms with Gasteiger partial charge in [0.25, 0.3) is 0 Å². The van der Waals surface area contributed by atoms with Crippen LogP contribution < -0.4 is 0 Å². The van der Waals surface area contributed by atoms with Crippen molar-refractivity contribution in [2.24, 2.45) is 0 Å². The van der Waals surface area contributed by atoms with Crippen molar-refractivity contribution in [3.8, 4) is 0 Å². The van der Waals surface area contributed by atoms with Crippen molar-refractivity contribution < 1.29 is 9.53 Å². The average molecular weight is 201 g/mol. The molecule has 1 unspecified atom stereocenters. The Morgan fingerprint density at radius 3 is 2.00 bits per heavy atom. The molecule has 0 bridgehead atoms. The lowest BCUT2D eigenvalue weighted by atomic mass is 10.0. The lowest BCUT2D eigenvalue weighted by molar-refractivity contribution is 0.129. The first-order valence-electron chi connectivity index (χ1n) is 4.68. The zero-order chi connectivity index (χ0) is 10.4. The van der Waals surface area contributed by atoms with Gasteiger partial charge in [-0.15, -0.1) is 0 Å². The number of hydrogen-bond acceptors (Lipinski definition) is 2. The Kier molecular flexibility index (Phi) is 2.22. The monoisotopic (exact) mass is 201 g/mol. The molecule has 1 fully saturated rings. The van der Waals surface area contributed by atoms with E-state index in [4.69, 9.17) is 4.74 Å². The van der Waals surface area contributed by atoms with Crippen LogP contribution in [0.3, 0.4) is 0 Å². The molecule has 0 saturated carbocycles. The van der Waals surface area contributed by atoms with Gasteiger partial charge in [0.1, 0.15) is 6.10 Å². The van der Waals surface area contributed by atoms with Gasteiger partial charge in [-0.3, -0.25) is 0 Å². The lowest BCUT2D eigenvalue weighted by Gasteiger charge is -2.39. The normalized spacial score (nSPS) is 27.7. The Hall–Kier alpha value is -0.513. The van der Waals surface area contributed by atoms with Crippen molar-refractivity contribution >= 4 is 14.3 Å². The summed E-state index contributed by atoms with van der Waals surface area (Å²) in [6.45, 7) is 12.6. The van der Waals surface area contributed by atoms with Gasteiger partial charge in [0.15, 0.2) is 8.24 Å². The maximum Gasteiger partial charge on any atom is 0.402 e. The quantitative estimate of drug-likeness (QED) is 0.610. The maximum absolute atomic E-state index is 11.6. The molecule has 3 nitrogen and oxygen atoms in total. The predicted octanol–water partition coefficient (Wildman–Crippen LogP) is 2.44. The van der Waals surface area contributed by atoms with Crippen molar-refractivity contribution in [2.45, 2.75) is 52.1 Å². The van der Waals surface area contributed by atoms with Crippen molar-refractivity contribution in [2.75, 3.05) is 0 Å². The molecule has 13 heavy (non-hydrogen) atoms. The fourth-order valence-electron chi connectivity index (χ4n) is 1.90. The summed E-state index contributed by atoms with van der Waals surface area (Å²) in [6, 6.07) is 0. The van der Waals surface area contributed by atoms with Gasteiger partial charge in [-0.1, -0.05) is 19.6 Å².